The smallest absolute Gasteiger partial charge is 0.229 e. The summed E-state index contributed by atoms with van der Waals surface area (Å²) >= 11 is 0. The predicted molar refractivity (Wildman–Crippen MR) is 40.1 cm³/mol. The SMILES string of the molecule is Oc1cc[nH]n1.c1cnnnc1. The second-order valence-corrected chi connectivity index (χ2v) is 1.74. The fraction of sp³-hybridized carbons (Fsp3) is 0. The number of nitrogens with zero attached hydrogens (tertiary/aromatic N) is 4. The lowest BCUT2D eigenvalue weighted by molar-refractivity contribution is 0.452. The largest absolute Gasteiger partial charge is 0.492 e. The van der Waals surface area contributed by atoms with Crippen molar-refractivity contribution in [2.75, 3.05) is 0 Å². The molecule has 62 valence electrons. The Balaban J connectivity index is 0.000000120. The standard InChI is InChI=1S/C3H3N3.C3H4N2O/c1-2-4-6-5-3-1;6-3-1-2-4-5-3/h1-3H;1-2H,(H2,4,5,6). The fourth-order valence-electron chi connectivity index (χ4n) is 0.457. The Morgan fingerprint density at radius 1 is 1.25 bits per heavy atom. The lowest BCUT2D eigenvalue weighted by Gasteiger charge is -1.68. The molecule has 0 saturated heterocycles. The molecule has 6 heteroatoms. The average Bonchev–Trinajstić information content (AvgIpc) is 2.60. The second-order valence-electron chi connectivity index (χ2n) is 1.74. The van der Waals surface area contributed by atoms with Crippen LogP contribution in [0.25, 0.3) is 0 Å². The molecule has 0 aromatic carbocycles. The number of aromatic nitrogens is 5. The molecule has 0 fully saturated rings. The van der Waals surface area contributed by atoms with Crippen molar-refractivity contribution in [2.24, 2.45) is 0 Å². The summed E-state index contributed by atoms with van der Waals surface area (Å²) in [7, 11) is 0. The van der Waals surface area contributed by atoms with E-state index in [1.165, 1.54) is 6.07 Å². The molecule has 2 heterocycles. The van der Waals surface area contributed by atoms with Gasteiger partial charge in [-0.25, -0.2) is 0 Å². The van der Waals surface area contributed by atoms with Gasteiger partial charge < -0.3 is 5.11 Å². The summed E-state index contributed by atoms with van der Waals surface area (Å²) in [5, 5.41) is 24.2. The lowest BCUT2D eigenvalue weighted by atomic mass is 10.7. The van der Waals surface area contributed by atoms with Crippen LogP contribution in [-0.2, 0) is 0 Å². The van der Waals surface area contributed by atoms with E-state index >= 15 is 0 Å². The summed E-state index contributed by atoms with van der Waals surface area (Å²) in [6.45, 7) is 0. The highest BCUT2D eigenvalue weighted by atomic mass is 16.3. The Morgan fingerprint density at radius 3 is 2.17 bits per heavy atom. The van der Waals surface area contributed by atoms with Crippen molar-refractivity contribution in [3.63, 3.8) is 0 Å². The Bertz CT molecular complexity index is 255. The van der Waals surface area contributed by atoms with E-state index < -0.39 is 0 Å². The number of rotatable bonds is 0. The van der Waals surface area contributed by atoms with Crippen LogP contribution in [0.2, 0.25) is 0 Å². The summed E-state index contributed by atoms with van der Waals surface area (Å²) in [5.41, 5.74) is 0. The zero-order valence-corrected chi connectivity index (χ0v) is 6.12. The first-order valence-corrected chi connectivity index (χ1v) is 3.16. The van der Waals surface area contributed by atoms with Gasteiger partial charge in [-0.3, -0.25) is 5.10 Å². The minimum Gasteiger partial charge on any atom is -0.492 e. The molecular formula is C6H7N5O. The van der Waals surface area contributed by atoms with Gasteiger partial charge in [-0.05, 0) is 11.3 Å². The van der Waals surface area contributed by atoms with E-state index in [9.17, 15) is 0 Å². The van der Waals surface area contributed by atoms with Crippen molar-refractivity contribution in [1.29, 1.82) is 0 Å². The monoisotopic (exact) mass is 165 g/mol. The maximum atomic E-state index is 8.33. The van der Waals surface area contributed by atoms with Gasteiger partial charge in [-0.2, -0.15) is 0 Å². The molecule has 6 nitrogen and oxygen atoms in total. The minimum atomic E-state index is 0.0370. The highest BCUT2D eigenvalue weighted by molar-refractivity contribution is 5.00. The van der Waals surface area contributed by atoms with Crippen LogP contribution >= 0.6 is 0 Å². The zero-order valence-electron chi connectivity index (χ0n) is 6.12. The maximum Gasteiger partial charge on any atom is 0.229 e. The molecular weight excluding hydrogens is 158 g/mol. The van der Waals surface area contributed by atoms with Gasteiger partial charge in [0.15, 0.2) is 0 Å². The minimum absolute atomic E-state index is 0.0370. The van der Waals surface area contributed by atoms with Gasteiger partial charge in [0.05, 0.1) is 12.4 Å². The molecule has 0 unspecified atom stereocenters. The van der Waals surface area contributed by atoms with Gasteiger partial charge in [0.25, 0.3) is 0 Å². The van der Waals surface area contributed by atoms with Crippen molar-refractivity contribution in [1.82, 2.24) is 25.6 Å². The van der Waals surface area contributed by atoms with Crippen molar-refractivity contribution < 1.29 is 5.11 Å². The predicted octanol–water partition coefficient (Wildman–Crippen LogP) is -0.0131. The number of hydrogen-bond acceptors (Lipinski definition) is 5. The van der Waals surface area contributed by atoms with Gasteiger partial charge in [0.2, 0.25) is 5.88 Å². The molecule has 2 aromatic rings. The van der Waals surface area contributed by atoms with E-state index in [0.717, 1.165) is 0 Å². The summed E-state index contributed by atoms with van der Waals surface area (Å²) in [4.78, 5) is 0. The van der Waals surface area contributed by atoms with Crippen LogP contribution in [0.4, 0.5) is 0 Å². The molecule has 2 N–H and O–H groups in total. The Labute approximate surface area is 68.3 Å². The highest BCUT2D eigenvalue weighted by Gasteiger charge is 1.78. The number of aromatic amines is 1. The molecule has 2 aromatic heterocycles. The first-order valence-electron chi connectivity index (χ1n) is 3.16. The van der Waals surface area contributed by atoms with Crippen LogP contribution in [0.15, 0.2) is 30.7 Å². The van der Waals surface area contributed by atoms with Gasteiger partial charge in [0.1, 0.15) is 0 Å². The summed E-state index contributed by atoms with van der Waals surface area (Å²) in [6, 6.07) is 3.19. The van der Waals surface area contributed by atoms with Crippen LogP contribution in [-0.4, -0.2) is 30.7 Å². The van der Waals surface area contributed by atoms with Crippen LogP contribution in [0, 0.1) is 0 Å². The molecule has 0 amide bonds. The second kappa shape index (κ2) is 4.78. The summed E-state index contributed by atoms with van der Waals surface area (Å²) in [6.07, 6.45) is 4.70. The third-order valence-electron chi connectivity index (χ3n) is 0.895. The van der Waals surface area contributed by atoms with Crippen molar-refractivity contribution in [3.8, 4) is 5.88 Å². The number of nitrogens with one attached hydrogen (secondary N) is 1. The Morgan fingerprint density at radius 2 is 2.00 bits per heavy atom. The normalized spacial score (nSPS) is 8.33. The zero-order chi connectivity index (χ0) is 8.65. The van der Waals surface area contributed by atoms with E-state index in [4.69, 9.17) is 5.11 Å². The number of hydrogen-bond donors (Lipinski definition) is 2. The van der Waals surface area contributed by atoms with Gasteiger partial charge in [-0.15, -0.1) is 15.3 Å². The van der Waals surface area contributed by atoms with E-state index in [-0.39, 0.29) is 5.88 Å². The third-order valence-corrected chi connectivity index (χ3v) is 0.895. The van der Waals surface area contributed by atoms with Gasteiger partial charge in [-0.1, -0.05) is 0 Å². The van der Waals surface area contributed by atoms with E-state index in [2.05, 4.69) is 25.6 Å². The summed E-state index contributed by atoms with van der Waals surface area (Å²) < 4.78 is 0. The maximum absolute atomic E-state index is 8.33. The molecule has 0 radical (unpaired) electrons. The van der Waals surface area contributed by atoms with E-state index in [1.54, 1.807) is 24.7 Å². The topological polar surface area (TPSA) is 87.6 Å². The quantitative estimate of drug-likeness (QED) is 0.573. The molecule has 0 aliphatic heterocycles. The van der Waals surface area contributed by atoms with Crippen LogP contribution in [0.3, 0.4) is 0 Å². The Hall–Kier alpha value is -1.98. The average molecular weight is 165 g/mol. The first-order chi connectivity index (χ1) is 5.89. The van der Waals surface area contributed by atoms with Gasteiger partial charge in [0, 0.05) is 12.3 Å². The number of H-pyrrole nitrogens is 1. The van der Waals surface area contributed by atoms with Gasteiger partial charge >= 0.3 is 0 Å². The van der Waals surface area contributed by atoms with Crippen molar-refractivity contribution in [2.45, 2.75) is 0 Å². The van der Waals surface area contributed by atoms with E-state index in [1.807, 2.05) is 0 Å². The molecule has 12 heavy (non-hydrogen) atoms. The summed E-state index contributed by atoms with van der Waals surface area (Å²) in [5.74, 6) is 0.0370. The molecule has 0 bridgehead atoms. The molecule has 2 rings (SSSR count). The molecule has 0 atom stereocenters. The van der Waals surface area contributed by atoms with Crippen LogP contribution in [0.5, 0.6) is 5.88 Å². The van der Waals surface area contributed by atoms with E-state index in [0.29, 0.717) is 0 Å². The fourth-order valence-corrected chi connectivity index (χ4v) is 0.457. The molecule has 0 aliphatic rings. The molecule has 0 aliphatic carbocycles. The third kappa shape index (κ3) is 3.25. The highest BCUT2D eigenvalue weighted by Crippen LogP contribution is 1.94. The molecule has 0 saturated carbocycles. The molecule has 0 spiro atoms. The lowest BCUT2D eigenvalue weighted by Crippen LogP contribution is -1.78. The van der Waals surface area contributed by atoms with Crippen molar-refractivity contribution >= 4 is 0 Å². The van der Waals surface area contributed by atoms with Crippen molar-refractivity contribution in [3.05, 3.63) is 30.7 Å². The first kappa shape index (κ1) is 8.12. The number of aromatic hydroxyl groups is 1. The van der Waals surface area contributed by atoms with Crippen LogP contribution in [0.1, 0.15) is 0 Å². The van der Waals surface area contributed by atoms with Crippen LogP contribution < -0.4 is 0 Å². The Kier molecular flexibility index (Phi) is 3.23.